The van der Waals surface area contributed by atoms with Gasteiger partial charge in [0.15, 0.2) is 5.65 Å². The Morgan fingerprint density at radius 2 is 1.88 bits per heavy atom. The molecule has 0 spiro atoms. The molecule has 1 saturated carbocycles. The average molecular weight is 435 g/mol. The van der Waals surface area contributed by atoms with Crippen molar-refractivity contribution in [3.8, 4) is 0 Å². The highest BCUT2D eigenvalue weighted by Gasteiger charge is 2.42. The Labute approximate surface area is 187 Å². The van der Waals surface area contributed by atoms with E-state index in [9.17, 15) is 0 Å². The molecule has 4 unspecified atom stereocenters. The molecule has 2 N–H and O–H groups in total. The van der Waals surface area contributed by atoms with Crippen molar-refractivity contribution in [1.29, 1.82) is 0 Å². The van der Waals surface area contributed by atoms with Crippen LogP contribution in [0.3, 0.4) is 0 Å². The lowest BCUT2D eigenvalue weighted by molar-refractivity contribution is -0.00547. The van der Waals surface area contributed by atoms with Crippen molar-refractivity contribution in [3.63, 3.8) is 0 Å². The van der Waals surface area contributed by atoms with E-state index in [1.165, 1.54) is 12.0 Å². The van der Waals surface area contributed by atoms with Gasteiger partial charge in [0.05, 0.1) is 23.9 Å². The summed E-state index contributed by atoms with van der Waals surface area (Å²) < 4.78 is 7.78. The zero-order valence-electron chi connectivity index (χ0n) is 18.6. The molecular weight excluding hydrogens is 404 g/mol. The number of pyridine rings is 1. The second-order valence-corrected chi connectivity index (χ2v) is 9.54. The third kappa shape index (κ3) is 3.64. The minimum Gasteiger partial charge on any atom is -0.372 e. The van der Waals surface area contributed by atoms with Crippen LogP contribution < -0.4 is 15.8 Å². The molecule has 6 atom stereocenters. The molecule has 0 bridgehead atoms. The first kappa shape index (κ1) is 20.0. The van der Waals surface area contributed by atoms with Crippen molar-refractivity contribution in [3.05, 3.63) is 48.3 Å². The van der Waals surface area contributed by atoms with Crippen LogP contribution in [0.1, 0.15) is 56.3 Å². The third-order valence-electron chi connectivity index (χ3n) is 7.26. The summed E-state index contributed by atoms with van der Waals surface area (Å²) in [6, 6.07) is 7.09. The predicted molar refractivity (Wildman–Crippen MR) is 120 cm³/mol. The number of fused-ring (bicyclic) bond motifs is 2. The number of morpholine rings is 1. The van der Waals surface area contributed by atoms with Gasteiger partial charge in [-0.25, -0.2) is 24.9 Å². The number of nitrogens with one attached hydrogen (secondary N) is 2. The largest absolute Gasteiger partial charge is 0.372 e. The highest BCUT2D eigenvalue weighted by Crippen LogP contribution is 2.44. The fourth-order valence-electron chi connectivity index (χ4n) is 5.80. The van der Waals surface area contributed by atoms with Gasteiger partial charge in [0.25, 0.3) is 0 Å². The van der Waals surface area contributed by atoms with E-state index in [1.807, 2.05) is 4.52 Å². The van der Waals surface area contributed by atoms with E-state index in [-0.39, 0.29) is 18.2 Å². The Balaban J connectivity index is 1.23. The summed E-state index contributed by atoms with van der Waals surface area (Å²) in [4.78, 5) is 15.9. The Bertz CT molecular complexity index is 1090. The molecule has 6 rings (SSSR count). The summed E-state index contributed by atoms with van der Waals surface area (Å²) in [6.45, 7) is 5.96. The van der Waals surface area contributed by atoms with E-state index in [2.05, 4.69) is 74.0 Å². The summed E-state index contributed by atoms with van der Waals surface area (Å²) in [5, 5.41) is 4.32. The number of nitrogens with zero attached hydrogens (tertiary/aromatic N) is 6. The first-order valence-corrected chi connectivity index (χ1v) is 11.7. The van der Waals surface area contributed by atoms with E-state index >= 15 is 0 Å². The molecule has 3 fully saturated rings. The lowest BCUT2D eigenvalue weighted by Crippen LogP contribution is -2.46. The van der Waals surface area contributed by atoms with Crippen molar-refractivity contribution in [2.24, 2.45) is 5.92 Å². The van der Waals surface area contributed by atoms with Gasteiger partial charge in [-0.3, -0.25) is 5.43 Å². The number of anilines is 1. The quantitative estimate of drug-likeness (QED) is 0.648. The molecule has 5 heterocycles. The maximum Gasteiger partial charge on any atom is 0.155 e. The van der Waals surface area contributed by atoms with Crippen molar-refractivity contribution >= 4 is 11.5 Å². The van der Waals surface area contributed by atoms with Crippen LogP contribution in [0.25, 0.3) is 5.65 Å². The number of rotatable bonds is 3. The van der Waals surface area contributed by atoms with Crippen LogP contribution in [0.2, 0.25) is 0 Å². The second-order valence-electron chi connectivity index (χ2n) is 9.54. The van der Waals surface area contributed by atoms with Crippen molar-refractivity contribution in [2.45, 2.75) is 63.3 Å². The zero-order valence-corrected chi connectivity index (χ0v) is 18.6. The number of hydrazine groups is 1. The maximum atomic E-state index is 5.90. The molecule has 168 valence electrons. The highest BCUT2D eigenvalue weighted by molar-refractivity contribution is 5.41. The van der Waals surface area contributed by atoms with Gasteiger partial charge >= 0.3 is 0 Å². The number of hydrogen-bond donors (Lipinski definition) is 2. The van der Waals surface area contributed by atoms with Gasteiger partial charge in [-0.2, -0.15) is 5.10 Å². The Morgan fingerprint density at radius 3 is 2.75 bits per heavy atom. The molecule has 1 aliphatic carbocycles. The standard InChI is InChI=1S/C23H30N8O/c1-14-9-30(10-15(2)32-14)22-8-20(24-12-25-22)23-18-7-16(3-5-19(18)28-29-23)17-4-6-21-26-13-27-31(21)11-17/h4,6,8,11-16,18-19,23,28-29H,3,5,7,9-10H2,1-2H3/t14-,15+,16?,18?,19?,23?. The van der Waals surface area contributed by atoms with Crippen LogP contribution in [0, 0.1) is 5.92 Å². The first-order chi connectivity index (χ1) is 15.6. The van der Waals surface area contributed by atoms with Crippen molar-refractivity contribution < 1.29 is 4.74 Å². The Hall–Kier alpha value is -2.62. The average Bonchev–Trinajstić information content (AvgIpc) is 3.44. The molecule has 9 nitrogen and oxygen atoms in total. The number of hydrogen-bond acceptors (Lipinski definition) is 8. The molecule has 3 aromatic rings. The van der Waals surface area contributed by atoms with E-state index in [0.29, 0.717) is 17.9 Å². The fraction of sp³-hybridized carbons (Fsp3) is 0.565. The van der Waals surface area contributed by atoms with Crippen LogP contribution in [0.5, 0.6) is 0 Å². The minimum absolute atomic E-state index is 0.176. The molecule has 32 heavy (non-hydrogen) atoms. The molecule has 3 aromatic heterocycles. The van der Waals surface area contributed by atoms with Gasteiger partial charge in [0, 0.05) is 31.4 Å². The van der Waals surface area contributed by atoms with Crippen LogP contribution in [0.15, 0.2) is 37.1 Å². The lowest BCUT2D eigenvalue weighted by Gasteiger charge is -2.36. The van der Waals surface area contributed by atoms with E-state index in [4.69, 9.17) is 4.74 Å². The molecular formula is C23H30N8O. The van der Waals surface area contributed by atoms with Gasteiger partial charge in [-0.1, -0.05) is 6.07 Å². The zero-order chi connectivity index (χ0) is 21.7. The van der Waals surface area contributed by atoms with Gasteiger partial charge in [-0.15, -0.1) is 0 Å². The van der Waals surface area contributed by atoms with E-state index in [1.54, 1.807) is 12.7 Å². The predicted octanol–water partition coefficient (Wildman–Crippen LogP) is 2.23. The van der Waals surface area contributed by atoms with Crippen molar-refractivity contribution in [2.75, 3.05) is 18.0 Å². The number of aromatic nitrogens is 5. The number of ether oxygens (including phenoxy) is 1. The minimum atomic E-state index is 0.176. The molecule has 2 saturated heterocycles. The Kier molecular flexibility index (Phi) is 5.04. The monoisotopic (exact) mass is 434 g/mol. The van der Waals surface area contributed by atoms with E-state index < -0.39 is 0 Å². The van der Waals surface area contributed by atoms with Gasteiger partial charge in [0.1, 0.15) is 18.5 Å². The molecule has 3 aliphatic rings. The maximum absolute atomic E-state index is 5.90. The summed E-state index contributed by atoms with van der Waals surface area (Å²) in [6.07, 6.45) is 9.29. The summed E-state index contributed by atoms with van der Waals surface area (Å²) in [5.74, 6) is 1.98. The lowest BCUT2D eigenvalue weighted by atomic mass is 9.73. The normalized spacial score (nSPS) is 32.9. The van der Waals surface area contributed by atoms with Crippen LogP contribution in [0.4, 0.5) is 5.82 Å². The van der Waals surface area contributed by atoms with Gasteiger partial charge in [0.2, 0.25) is 0 Å². The summed E-state index contributed by atoms with van der Waals surface area (Å²) in [7, 11) is 0. The highest BCUT2D eigenvalue weighted by atomic mass is 16.5. The first-order valence-electron chi connectivity index (χ1n) is 11.7. The topological polar surface area (TPSA) is 92.5 Å². The smallest absolute Gasteiger partial charge is 0.155 e. The van der Waals surface area contributed by atoms with Gasteiger partial charge in [-0.05, 0) is 56.6 Å². The van der Waals surface area contributed by atoms with Crippen LogP contribution in [-0.4, -0.2) is 55.9 Å². The summed E-state index contributed by atoms with van der Waals surface area (Å²) in [5.41, 5.74) is 10.4. The second kappa shape index (κ2) is 8.06. The fourth-order valence-corrected chi connectivity index (χ4v) is 5.80. The molecule has 2 aliphatic heterocycles. The molecule has 9 heteroatoms. The summed E-state index contributed by atoms with van der Waals surface area (Å²) >= 11 is 0. The Morgan fingerprint density at radius 1 is 1.00 bits per heavy atom. The molecule has 0 aromatic carbocycles. The molecule has 0 amide bonds. The van der Waals surface area contributed by atoms with Crippen LogP contribution >= 0.6 is 0 Å². The van der Waals surface area contributed by atoms with Crippen LogP contribution in [-0.2, 0) is 4.74 Å². The van der Waals surface area contributed by atoms with E-state index in [0.717, 1.165) is 43.1 Å². The third-order valence-corrected chi connectivity index (χ3v) is 7.26. The SMILES string of the molecule is C[C@@H]1CN(c2cc(C3NNC4CCC(c5ccc6ncnn6c5)CC43)ncn2)C[C@H](C)O1. The van der Waals surface area contributed by atoms with Gasteiger partial charge < -0.3 is 9.64 Å². The van der Waals surface area contributed by atoms with Crippen molar-refractivity contribution in [1.82, 2.24) is 35.4 Å². The molecule has 0 radical (unpaired) electrons.